The lowest BCUT2D eigenvalue weighted by Crippen LogP contribution is -3.09. The van der Waals surface area contributed by atoms with E-state index in [1.165, 1.54) is 10.0 Å². The van der Waals surface area contributed by atoms with Crippen LogP contribution >= 0.6 is 11.3 Å². The molecule has 1 aromatic rings. The summed E-state index contributed by atoms with van der Waals surface area (Å²) in [6, 6.07) is 0. The van der Waals surface area contributed by atoms with Gasteiger partial charge >= 0.3 is 0 Å². The fourth-order valence-electron chi connectivity index (χ4n) is 1.23. The van der Waals surface area contributed by atoms with Gasteiger partial charge in [-0.05, 0) is 0 Å². The highest BCUT2D eigenvalue weighted by molar-refractivity contribution is 7.12. The molecule has 0 unspecified atom stereocenters. The maximum absolute atomic E-state index is 8.49. The van der Waals surface area contributed by atoms with E-state index in [0.29, 0.717) is 0 Å². The number of rotatable bonds is 1. The number of aromatic nitrogens is 1. The van der Waals surface area contributed by atoms with Crippen molar-refractivity contribution in [2.24, 2.45) is 0 Å². The Bertz CT molecular complexity index is 279. The summed E-state index contributed by atoms with van der Waals surface area (Å²) in [5.74, 6) is 0. The van der Waals surface area contributed by atoms with E-state index in [2.05, 4.69) is 4.98 Å². The maximum atomic E-state index is 8.49. The van der Waals surface area contributed by atoms with E-state index in [1.54, 1.807) is 11.3 Å². The lowest BCUT2D eigenvalue weighted by Gasteiger charge is -2.20. The quantitative estimate of drug-likeness (QED) is 0.545. The molecular weight excluding hydrogens is 260 g/mol. The third-order valence-electron chi connectivity index (χ3n) is 1.83. The highest BCUT2D eigenvalue weighted by atomic mass is 35.7. The highest BCUT2D eigenvalue weighted by Crippen LogP contribution is 2.04. The molecule has 1 aliphatic rings. The fraction of sp³-hybridized carbons (Fsp3) is 0.571. The molecule has 7 nitrogen and oxygen atoms in total. The summed E-state index contributed by atoms with van der Waals surface area (Å²) in [4.78, 5) is 5.73. The van der Waals surface area contributed by atoms with Crippen molar-refractivity contribution in [2.75, 3.05) is 26.3 Å². The Morgan fingerprint density at radius 1 is 1.25 bits per heavy atom. The third-order valence-corrected chi connectivity index (χ3v) is 2.71. The maximum Gasteiger partial charge on any atom is 0.284 e. The van der Waals surface area contributed by atoms with E-state index < -0.39 is 10.2 Å². The number of thiazole rings is 1. The van der Waals surface area contributed by atoms with Gasteiger partial charge in [-0.25, -0.2) is 18.6 Å². The van der Waals surface area contributed by atoms with Gasteiger partial charge in [-0.2, -0.15) is 4.98 Å². The number of nitrogens with one attached hydrogen (secondary N) is 1. The van der Waals surface area contributed by atoms with Crippen LogP contribution in [0.1, 0.15) is 0 Å². The van der Waals surface area contributed by atoms with Gasteiger partial charge in [-0.3, -0.25) is 4.90 Å². The second-order valence-electron chi connectivity index (χ2n) is 2.93. The number of quaternary nitrogens is 1. The molecular formula is C7H11ClN2O5S. The minimum Gasteiger partial charge on any atom is -0.370 e. The van der Waals surface area contributed by atoms with Crippen molar-refractivity contribution < 1.29 is 38.5 Å². The lowest BCUT2D eigenvalue weighted by atomic mass is 10.5. The monoisotopic (exact) mass is 270 g/mol. The van der Waals surface area contributed by atoms with Gasteiger partial charge in [0.05, 0.1) is 13.2 Å². The number of hydrogen-bond donors (Lipinski definition) is 1. The molecule has 92 valence electrons. The van der Waals surface area contributed by atoms with E-state index in [-0.39, 0.29) is 0 Å². The molecule has 2 rings (SSSR count). The van der Waals surface area contributed by atoms with Crippen LogP contribution in [-0.2, 0) is 4.74 Å². The van der Waals surface area contributed by atoms with E-state index in [4.69, 9.17) is 23.4 Å². The minimum atomic E-state index is -4.94. The first-order valence-corrected chi connectivity index (χ1v) is 6.52. The van der Waals surface area contributed by atoms with Gasteiger partial charge in [0.2, 0.25) is 0 Å². The molecule has 9 heteroatoms. The summed E-state index contributed by atoms with van der Waals surface area (Å²) >= 11 is 1.73. The standard InChI is InChI=1S/C7H10N2OS.ClHO4/c1-6-11-7(8-1)9-2-4-10-5-3-9;2-1(3,4)5/h1,6H,2-5H2;(H,2,3,4,5). The Labute approximate surface area is 98.3 Å². The molecule has 2 heterocycles. The van der Waals surface area contributed by atoms with Crippen molar-refractivity contribution in [2.45, 2.75) is 0 Å². The van der Waals surface area contributed by atoms with Gasteiger partial charge in [0.1, 0.15) is 13.1 Å². The van der Waals surface area contributed by atoms with Gasteiger partial charge in [0, 0.05) is 11.6 Å². The number of morpholine rings is 1. The Hall–Kier alpha value is -0.320. The van der Waals surface area contributed by atoms with Crippen molar-refractivity contribution >= 4 is 16.5 Å². The molecule has 1 N–H and O–H groups in total. The highest BCUT2D eigenvalue weighted by Gasteiger charge is 2.17. The molecule has 0 spiro atoms. The Morgan fingerprint density at radius 3 is 2.25 bits per heavy atom. The third kappa shape index (κ3) is 6.30. The second-order valence-corrected chi connectivity index (χ2v) is 4.58. The first kappa shape index (κ1) is 13.7. The molecule has 0 amide bonds. The van der Waals surface area contributed by atoms with Crippen LogP contribution in [0.25, 0.3) is 0 Å². The van der Waals surface area contributed by atoms with Gasteiger partial charge in [0.25, 0.3) is 5.13 Å². The summed E-state index contributed by atoms with van der Waals surface area (Å²) < 4.78 is 39.2. The van der Waals surface area contributed by atoms with Crippen LogP contribution in [0.2, 0.25) is 0 Å². The average Bonchev–Trinajstić information content (AvgIpc) is 2.69. The zero-order chi connectivity index (χ0) is 12.0. The first-order chi connectivity index (χ1) is 7.47. The summed E-state index contributed by atoms with van der Waals surface area (Å²) in [5, 5.41) is 3.23. The largest absolute Gasteiger partial charge is 0.370 e. The molecule has 0 bridgehead atoms. The summed E-state index contributed by atoms with van der Waals surface area (Å²) in [6.07, 6.45) is 1.86. The normalized spacial score (nSPS) is 17.8. The molecule has 1 aliphatic heterocycles. The first-order valence-electron chi connectivity index (χ1n) is 4.41. The van der Waals surface area contributed by atoms with Crippen molar-refractivity contribution in [1.82, 2.24) is 4.98 Å². The molecule has 0 aliphatic carbocycles. The van der Waals surface area contributed by atoms with Gasteiger partial charge in [-0.15, -0.1) is 10.2 Å². The second kappa shape index (κ2) is 6.42. The average molecular weight is 271 g/mol. The topological polar surface area (TPSA) is 119 Å². The van der Waals surface area contributed by atoms with Crippen LogP contribution in [-0.4, -0.2) is 31.3 Å². The summed E-state index contributed by atoms with van der Waals surface area (Å²) in [6.45, 7) is 3.87. The molecule has 16 heavy (non-hydrogen) atoms. The van der Waals surface area contributed by atoms with E-state index in [1.807, 2.05) is 11.6 Å². The van der Waals surface area contributed by atoms with Crippen LogP contribution in [0.5, 0.6) is 0 Å². The zero-order valence-corrected chi connectivity index (χ0v) is 9.83. The van der Waals surface area contributed by atoms with E-state index >= 15 is 0 Å². The summed E-state index contributed by atoms with van der Waals surface area (Å²) in [7, 11) is -4.94. The molecule has 0 saturated carbocycles. The Kier molecular flexibility index (Phi) is 5.52. The predicted octanol–water partition coefficient (Wildman–Crippen LogP) is -5.07. The number of nitrogens with zero attached hydrogens (tertiary/aromatic N) is 1. The van der Waals surface area contributed by atoms with Crippen molar-refractivity contribution in [3.8, 4) is 0 Å². The minimum absolute atomic E-state index is 0.870. The Balaban J connectivity index is 0.000000221. The molecule has 1 saturated heterocycles. The molecule has 0 aromatic carbocycles. The molecule has 0 atom stereocenters. The predicted molar refractivity (Wildman–Crippen MR) is 43.3 cm³/mol. The van der Waals surface area contributed by atoms with Crippen molar-refractivity contribution in [1.29, 1.82) is 0 Å². The lowest BCUT2D eigenvalue weighted by molar-refractivity contribution is -2.00. The fourth-order valence-corrected chi connectivity index (χ4v) is 1.97. The van der Waals surface area contributed by atoms with Crippen LogP contribution < -0.4 is 23.5 Å². The summed E-state index contributed by atoms with van der Waals surface area (Å²) in [5.41, 5.74) is 0. The van der Waals surface area contributed by atoms with Gasteiger partial charge in [0.15, 0.2) is 0 Å². The zero-order valence-electron chi connectivity index (χ0n) is 8.26. The number of ether oxygens (including phenoxy) is 1. The molecule has 1 fully saturated rings. The number of halogens is 1. The van der Waals surface area contributed by atoms with Gasteiger partial charge in [-0.1, -0.05) is 11.3 Å². The Morgan fingerprint density at radius 2 is 1.81 bits per heavy atom. The van der Waals surface area contributed by atoms with Crippen LogP contribution in [0.3, 0.4) is 0 Å². The van der Waals surface area contributed by atoms with Crippen molar-refractivity contribution in [3.05, 3.63) is 11.6 Å². The van der Waals surface area contributed by atoms with Crippen LogP contribution in [0.4, 0.5) is 5.13 Å². The SMILES string of the molecule is [O-][Cl+3]([O-])([O-])[O-].c1csc([NH+]2CCOCC2)n1. The molecule has 0 radical (unpaired) electrons. The van der Waals surface area contributed by atoms with Crippen LogP contribution in [0.15, 0.2) is 11.6 Å². The number of hydrogen-bond acceptors (Lipinski definition) is 7. The smallest absolute Gasteiger partial charge is 0.284 e. The van der Waals surface area contributed by atoms with E-state index in [0.717, 1.165) is 26.3 Å². The van der Waals surface area contributed by atoms with Crippen molar-refractivity contribution in [3.63, 3.8) is 0 Å². The van der Waals surface area contributed by atoms with Crippen LogP contribution in [0, 0.1) is 10.2 Å². The molecule has 1 aromatic heterocycles. The van der Waals surface area contributed by atoms with E-state index in [9.17, 15) is 0 Å². The van der Waals surface area contributed by atoms with Gasteiger partial charge < -0.3 is 4.74 Å².